The molecule has 3 aromatic rings. The van der Waals surface area contributed by atoms with Crippen molar-refractivity contribution < 1.29 is 23.1 Å². The Morgan fingerprint density at radius 2 is 1.80 bits per heavy atom. The predicted molar refractivity (Wildman–Crippen MR) is 143 cm³/mol. The van der Waals surface area contributed by atoms with Gasteiger partial charge < -0.3 is 14.9 Å². The number of aromatic nitrogens is 4. The molecule has 1 atom stereocenters. The highest BCUT2D eigenvalue weighted by Gasteiger charge is 2.43. The average molecular weight is 559 g/mol. The van der Waals surface area contributed by atoms with Crippen LogP contribution in [0.3, 0.4) is 0 Å². The number of hydrogen-bond acceptors (Lipinski definition) is 6. The van der Waals surface area contributed by atoms with Crippen molar-refractivity contribution in [3.63, 3.8) is 0 Å². The first kappa shape index (κ1) is 28.0. The van der Waals surface area contributed by atoms with Gasteiger partial charge in [-0.3, -0.25) is 18.8 Å². The van der Waals surface area contributed by atoms with Crippen LogP contribution >= 0.6 is 0 Å². The largest absolute Gasteiger partial charge is 0.396 e. The van der Waals surface area contributed by atoms with Gasteiger partial charge >= 0.3 is 6.18 Å². The van der Waals surface area contributed by atoms with Crippen molar-refractivity contribution in [1.29, 1.82) is 0 Å². The molecule has 0 bridgehead atoms. The minimum atomic E-state index is -4.56. The lowest BCUT2D eigenvalue weighted by Crippen LogP contribution is -2.50. The van der Waals surface area contributed by atoms with Gasteiger partial charge in [-0.05, 0) is 37.4 Å². The van der Waals surface area contributed by atoms with E-state index in [1.54, 1.807) is 17.8 Å². The lowest BCUT2D eigenvalue weighted by molar-refractivity contribution is -0.162. The molecular weight excluding hydrogens is 525 g/mol. The molecule has 4 heterocycles. The zero-order chi connectivity index (χ0) is 28.7. The minimum absolute atomic E-state index is 0.0453. The summed E-state index contributed by atoms with van der Waals surface area (Å²) in [5, 5.41) is 15.7. The van der Waals surface area contributed by atoms with E-state index in [1.165, 1.54) is 40.1 Å². The Morgan fingerprint density at radius 3 is 2.42 bits per heavy atom. The van der Waals surface area contributed by atoms with E-state index in [0.29, 0.717) is 5.52 Å². The summed E-state index contributed by atoms with van der Waals surface area (Å²) >= 11 is 0. The number of fused-ring (bicyclic) bond motifs is 1. The first-order valence-electron chi connectivity index (χ1n) is 13.4. The second-order valence-corrected chi connectivity index (χ2v) is 10.9. The molecule has 1 aromatic carbocycles. The molecule has 2 aliphatic heterocycles. The Hall–Kier alpha value is -3.51. The number of aliphatic hydroxyl groups is 1. The third kappa shape index (κ3) is 5.68. The van der Waals surface area contributed by atoms with Crippen molar-refractivity contribution in [3.8, 4) is 0 Å². The maximum atomic E-state index is 13.7. The molecule has 12 heteroatoms. The van der Waals surface area contributed by atoms with Crippen LogP contribution in [0.2, 0.25) is 0 Å². The number of likely N-dealkylation sites (N-methyl/N-ethyl adjacent to an activating group) is 1. The SMILES string of the molecule is CN1CC=C(c2c3ncn(CC4(O)CCN(C(=O)C[C@H](c5ccccc5)C(F)(F)F)CC4)c(=O)c3nn2C)CC1. The molecule has 0 unspecified atom stereocenters. The smallest absolute Gasteiger partial charge is 0.388 e. The van der Waals surface area contributed by atoms with Crippen LogP contribution in [-0.2, 0) is 18.4 Å². The van der Waals surface area contributed by atoms with E-state index in [0.717, 1.165) is 30.8 Å². The number of halogens is 3. The Labute approximate surface area is 229 Å². The number of alkyl halides is 3. The van der Waals surface area contributed by atoms with Crippen LogP contribution in [0.15, 0.2) is 47.5 Å². The topological polar surface area (TPSA) is 96.5 Å². The standard InChI is InChI=1S/C28H33F3N6O3/c1-34-12-8-20(9-13-34)25-23-24(33-35(25)2)26(39)37(18-32-23)17-27(40)10-14-36(15-11-27)22(38)16-21(28(29,30)31)19-6-4-3-5-7-19/h3-8,18,21,40H,9-17H2,1-2H3/t21-/m1/s1. The number of aryl methyl sites for hydroxylation is 1. The van der Waals surface area contributed by atoms with Gasteiger partial charge in [-0.1, -0.05) is 36.4 Å². The van der Waals surface area contributed by atoms with E-state index in [4.69, 9.17) is 0 Å². The zero-order valence-electron chi connectivity index (χ0n) is 22.6. The minimum Gasteiger partial charge on any atom is -0.388 e. The number of benzene rings is 1. The summed E-state index contributed by atoms with van der Waals surface area (Å²) in [6.45, 7) is 1.83. The highest BCUT2D eigenvalue weighted by Crippen LogP contribution is 2.38. The number of amides is 1. The number of carbonyl (C=O) groups is 1. The molecule has 5 rings (SSSR count). The van der Waals surface area contributed by atoms with Gasteiger partial charge in [0.05, 0.1) is 30.1 Å². The van der Waals surface area contributed by atoms with Crippen LogP contribution in [0.25, 0.3) is 16.6 Å². The van der Waals surface area contributed by atoms with E-state index < -0.39 is 30.0 Å². The normalized spacial score (nSPS) is 19.1. The van der Waals surface area contributed by atoms with Gasteiger partial charge in [-0.2, -0.15) is 18.3 Å². The van der Waals surface area contributed by atoms with Gasteiger partial charge in [0.1, 0.15) is 5.52 Å². The summed E-state index contributed by atoms with van der Waals surface area (Å²) in [7, 11) is 3.82. The number of hydrogen-bond donors (Lipinski definition) is 1. The molecule has 0 radical (unpaired) electrons. The molecule has 0 saturated carbocycles. The molecule has 214 valence electrons. The van der Waals surface area contributed by atoms with Crippen molar-refractivity contribution in [2.24, 2.45) is 7.05 Å². The van der Waals surface area contributed by atoms with Crippen LogP contribution in [0.5, 0.6) is 0 Å². The molecule has 0 spiro atoms. The highest BCUT2D eigenvalue weighted by molar-refractivity contribution is 5.87. The Kier molecular flexibility index (Phi) is 7.58. The number of piperidine rings is 1. The lowest BCUT2D eigenvalue weighted by atomic mass is 9.89. The molecule has 40 heavy (non-hydrogen) atoms. The first-order valence-corrected chi connectivity index (χ1v) is 13.4. The van der Waals surface area contributed by atoms with Gasteiger partial charge in [-0.15, -0.1) is 0 Å². The quantitative estimate of drug-likeness (QED) is 0.500. The van der Waals surface area contributed by atoms with Crippen LogP contribution in [0.1, 0.15) is 42.9 Å². The third-order valence-electron chi connectivity index (χ3n) is 8.02. The number of nitrogens with zero attached hydrogens (tertiary/aromatic N) is 6. The van der Waals surface area contributed by atoms with E-state index >= 15 is 0 Å². The van der Waals surface area contributed by atoms with Crippen LogP contribution in [-0.4, -0.2) is 85.1 Å². The van der Waals surface area contributed by atoms with Gasteiger partial charge in [-0.25, -0.2) is 4.98 Å². The molecular formula is C28H33F3N6O3. The maximum Gasteiger partial charge on any atom is 0.396 e. The van der Waals surface area contributed by atoms with Gasteiger partial charge in [0.2, 0.25) is 5.91 Å². The first-order chi connectivity index (χ1) is 18.9. The lowest BCUT2D eigenvalue weighted by Gasteiger charge is -2.39. The number of rotatable bonds is 6. The monoisotopic (exact) mass is 558 g/mol. The summed E-state index contributed by atoms with van der Waals surface area (Å²) in [6.07, 6.45) is -0.662. The van der Waals surface area contributed by atoms with E-state index in [-0.39, 0.29) is 49.1 Å². The zero-order valence-corrected chi connectivity index (χ0v) is 22.6. The maximum absolute atomic E-state index is 13.7. The predicted octanol–water partition coefficient (Wildman–Crippen LogP) is 2.94. The van der Waals surface area contributed by atoms with E-state index in [2.05, 4.69) is 21.1 Å². The van der Waals surface area contributed by atoms with Crippen molar-refractivity contribution in [2.75, 3.05) is 33.2 Å². The van der Waals surface area contributed by atoms with Crippen LogP contribution in [0.4, 0.5) is 13.2 Å². The molecule has 2 aromatic heterocycles. The molecule has 1 saturated heterocycles. The molecule has 9 nitrogen and oxygen atoms in total. The molecule has 1 N–H and O–H groups in total. The Balaban J connectivity index is 1.27. The number of likely N-dealkylation sites (tertiary alicyclic amines) is 1. The summed E-state index contributed by atoms with van der Waals surface area (Å²) in [6, 6.07) is 7.41. The van der Waals surface area contributed by atoms with Gasteiger partial charge in [0.25, 0.3) is 5.56 Å². The fraction of sp³-hybridized carbons (Fsp3) is 0.500. The average Bonchev–Trinajstić information content (AvgIpc) is 3.26. The molecule has 1 fully saturated rings. The van der Waals surface area contributed by atoms with Gasteiger partial charge in [0, 0.05) is 39.6 Å². The van der Waals surface area contributed by atoms with Crippen LogP contribution < -0.4 is 5.56 Å². The fourth-order valence-corrected chi connectivity index (χ4v) is 5.61. The molecule has 2 aliphatic rings. The van der Waals surface area contributed by atoms with Crippen LogP contribution in [0, 0.1) is 0 Å². The van der Waals surface area contributed by atoms with Crippen molar-refractivity contribution >= 4 is 22.5 Å². The number of carbonyl (C=O) groups excluding carboxylic acids is 1. The second kappa shape index (κ2) is 10.8. The van der Waals surface area contributed by atoms with Crippen molar-refractivity contribution in [2.45, 2.75) is 49.9 Å². The van der Waals surface area contributed by atoms with Crippen molar-refractivity contribution in [3.05, 3.63) is 64.3 Å². The van der Waals surface area contributed by atoms with E-state index in [1.807, 2.05) is 7.05 Å². The Bertz CT molecular complexity index is 1470. The highest BCUT2D eigenvalue weighted by atomic mass is 19.4. The molecule has 1 amide bonds. The molecule has 0 aliphatic carbocycles. The van der Waals surface area contributed by atoms with Crippen molar-refractivity contribution in [1.82, 2.24) is 29.1 Å². The summed E-state index contributed by atoms with van der Waals surface area (Å²) in [5.41, 5.74) is 0.994. The van der Waals surface area contributed by atoms with Gasteiger partial charge in [0.15, 0.2) is 5.52 Å². The fourth-order valence-electron chi connectivity index (χ4n) is 5.61. The van der Waals surface area contributed by atoms with E-state index in [9.17, 15) is 27.9 Å². The third-order valence-corrected chi connectivity index (χ3v) is 8.02. The summed E-state index contributed by atoms with van der Waals surface area (Å²) in [5.74, 6) is -2.51. The summed E-state index contributed by atoms with van der Waals surface area (Å²) < 4.78 is 44.2. The second-order valence-electron chi connectivity index (χ2n) is 10.9. The summed E-state index contributed by atoms with van der Waals surface area (Å²) in [4.78, 5) is 34.2. The Morgan fingerprint density at radius 1 is 1.10 bits per heavy atom.